The van der Waals surface area contributed by atoms with Crippen molar-refractivity contribution >= 4 is 38.4 Å². The molecule has 2 heterocycles. The van der Waals surface area contributed by atoms with Crippen LogP contribution in [0, 0.1) is 0 Å². The largest absolute Gasteiger partial charge is 0.363 e. The number of hydrogen-bond donors (Lipinski definition) is 1. The topological polar surface area (TPSA) is 61.8 Å². The zero-order chi connectivity index (χ0) is 15.6. The number of sulfonamides is 1. The summed E-state index contributed by atoms with van der Waals surface area (Å²) in [5.41, 5.74) is 2.99. The number of para-hydroxylation sites is 2. The summed E-state index contributed by atoms with van der Waals surface area (Å²) in [6.07, 6.45) is 1.18. The zero-order valence-electron chi connectivity index (χ0n) is 12.2. The second-order valence-corrected chi connectivity index (χ2v) is 7.89. The van der Waals surface area contributed by atoms with E-state index in [4.69, 9.17) is 4.99 Å². The lowest BCUT2D eigenvalue weighted by Crippen LogP contribution is -2.38. The van der Waals surface area contributed by atoms with Gasteiger partial charge in [0.2, 0.25) is 10.0 Å². The molecule has 5 nitrogen and oxygen atoms in total. The Morgan fingerprint density at radius 1 is 1.27 bits per heavy atom. The van der Waals surface area contributed by atoms with Crippen molar-refractivity contribution in [2.75, 3.05) is 30.8 Å². The van der Waals surface area contributed by atoms with Gasteiger partial charge in [-0.15, -0.1) is 11.3 Å². The van der Waals surface area contributed by atoms with E-state index >= 15 is 0 Å². The summed E-state index contributed by atoms with van der Waals surface area (Å²) in [7, 11) is -3.16. The predicted molar refractivity (Wildman–Crippen MR) is 92.0 cm³/mol. The highest BCUT2D eigenvalue weighted by Crippen LogP contribution is 2.33. The van der Waals surface area contributed by atoms with Crippen molar-refractivity contribution in [3.63, 3.8) is 0 Å². The molecule has 7 heteroatoms. The minimum atomic E-state index is -3.16. The van der Waals surface area contributed by atoms with Gasteiger partial charge in [-0.1, -0.05) is 18.2 Å². The van der Waals surface area contributed by atoms with Gasteiger partial charge in [-0.05, 0) is 23.6 Å². The number of nitrogens with one attached hydrogen (secondary N) is 1. The first-order chi connectivity index (χ1) is 10.5. The molecule has 0 unspecified atom stereocenters. The summed E-state index contributed by atoms with van der Waals surface area (Å²) in [4.78, 5) is 8.05. The number of fused-ring (bicyclic) bond motifs is 1. The average molecular weight is 335 g/mol. The van der Waals surface area contributed by atoms with Crippen LogP contribution in [0.25, 0.3) is 0 Å². The van der Waals surface area contributed by atoms with Crippen LogP contribution in [-0.2, 0) is 10.0 Å². The van der Waals surface area contributed by atoms with Crippen molar-refractivity contribution in [2.24, 2.45) is 4.99 Å². The van der Waals surface area contributed by atoms with E-state index in [0.29, 0.717) is 19.6 Å². The lowest BCUT2D eigenvalue weighted by atomic mass is 10.1. The summed E-state index contributed by atoms with van der Waals surface area (Å²) >= 11 is 1.67. The van der Waals surface area contributed by atoms with Gasteiger partial charge in [-0.25, -0.2) is 18.1 Å². The molecule has 22 heavy (non-hydrogen) atoms. The van der Waals surface area contributed by atoms with Gasteiger partial charge in [-0.2, -0.15) is 0 Å². The number of aliphatic imine (C=N–C) groups is 1. The Morgan fingerprint density at radius 2 is 2.09 bits per heavy atom. The lowest BCUT2D eigenvalue weighted by Gasteiger charge is -2.30. The van der Waals surface area contributed by atoms with Gasteiger partial charge in [-0.3, -0.25) is 0 Å². The van der Waals surface area contributed by atoms with Crippen LogP contribution in [0.4, 0.5) is 11.4 Å². The van der Waals surface area contributed by atoms with Crippen LogP contribution in [0.5, 0.6) is 0 Å². The molecule has 0 spiro atoms. The van der Waals surface area contributed by atoms with Crippen molar-refractivity contribution in [3.8, 4) is 0 Å². The van der Waals surface area contributed by atoms with Crippen LogP contribution in [0.2, 0.25) is 0 Å². The molecule has 0 amide bonds. The molecule has 0 bridgehead atoms. The van der Waals surface area contributed by atoms with Gasteiger partial charge >= 0.3 is 0 Å². The van der Waals surface area contributed by atoms with E-state index in [-0.39, 0.29) is 0 Å². The molecule has 0 atom stereocenters. The third-order valence-corrected chi connectivity index (χ3v) is 5.02. The van der Waals surface area contributed by atoms with Crippen molar-refractivity contribution in [3.05, 3.63) is 46.7 Å². The number of hydrogen-bond acceptors (Lipinski definition) is 5. The Hall–Kier alpha value is -1.70. The monoisotopic (exact) mass is 335 g/mol. The fraction of sp³-hybridized carbons (Fsp3) is 0.267. The molecule has 3 rings (SSSR count). The Bertz CT molecular complexity index is 783. The minimum Gasteiger partial charge on any atom is -0.363 e. The molecule has 1 aliphatic rings. The standard InChI is InChI=1S/C15H17N3O2S2/c1-22(19,20)16-8-9-18-11-13(15-7-4-10-21-15)17-12-5-2-3-6-14(12)18/h2-7,10,16H,8-9,11H2,1H3. The van der Waals surface area contributed by atoms with Crippen molar-refractivity contribution in [1.29, 1.82) is 0 Å². The maximum absolute atomic E-state index is 11.2. The molecule has 0 saturated heterocycles. The first-order valence-corrected chi connectivity index (χ1v) is 9.70. The van der Waals surface area contributed by atoms with Crippen LogP contribution in [0.15, 0.2) is 46.8 Å². The third kappa shape index (κ3) is 3.55. The SMILES string of the molecule is CS(=O)(=O)NCCN1CC(c2cccs2)=Nc2ccccc21. The zero-order valence-corrected chi connectivity index (χ0v) is 13.8. The van der Waals surface area contributed by atoms with Gasteiger partial charge in [0.05, 0.1) is 34.8 Å². The molecule has 1 aromatic carbocycles. The van der Waals surface area contributed by atoms with E-state index < -0.39 is 10.0 Å². The number of anilines is 1. The molecule has 1 aliphatic heterocycles. The minimum absolute atomic E-state index is 0.380. The first-order valence-electron chi connectivity index (χ1n) is 6.93. The quantitative estimate of drug-likeness (QED) is 0.911. The fourth-order valence-corrected chi connectivity index (χ4v) is 3.58. The number of thiophene rings is 1. The first kappa shape index (κ1) is 15.2. The molecule has 2 aromatic rings. The summed E-state index contributed by atoms with van der Waals surface area (Å²) in [5.74, 6) is 0. The van der Waals surface area contributed by atoms with Crippen LogP contribution in [-0.4, -0.2) is 40.0 Å². The summed E-state index contributed by atoms with van der Waals surface area (Å²) in [6.45, 7) is 1.67. The molecule has 1 N–H and O–H groups in total. The molecular formula is C15H17N3O2S2. The molecule has 0 saturated carbocycles. The van der Waals surface area contributed by atoms with Gasteiger partial charge in [0.25, 0.3) is 0 Å². The normalized spacial score (nSPS) is 14.6. The predicted octanol–water partition coefficient (Wildman–Crippen LogP) is 2.24. The molecule has 116 valence electrons. The number of rotatable bonds is 5. The second kappa shape index (κ2) is 6.20. The second-order valence-electron chi connectivity index (χ2n) is 5.11. The van der Waals surface area contributed by atoms with Crippen LogP contribution < -0.4 is 9.62 Å². The Labute approximate surface area is 134 Å². The average Bonchev–Trinajstić information content (AvgIpc) is 3.00. The maximum Gasteiger partial charge on any atom is 0.208 e. The number of benzene rings is 1. The fourth-order valence-electron chi connectivity index (χ4n) is 2.41. The van der Waals surface area contributed by atoms with Crippen LogP contribution >= 0.6 is 11.3 Å². The number of nitrogens with zero attached hydrogens (tertiary/aromatic N) is 2. The van der Waals surface area contributed by atoms with E-state index in [1.54, 1.807) is 11.3 Å². The third-order valence-electron chi connectivity index (χ3n) is 3.37. The van der Waals surface area contributed by atoms with Gasteiger partial charge < -0.3 is 4.90 Å². The smallest absolute Gasteiger partial charge is 0.208 e. The molecule has 0 fully saturated rings. The Balaban J connectivity index is 1.83. The van der Waals surface area contributed by atoms with Crippen molar-refractivity contribution in [1.82, 2.24) is 4.72 Å². The summed E-state index contributed by atoms with van der Waals surface area (Å²) in [5, 5.41) is 2.04. The Kier molecular flexibility index (Phi) is 4.28. The maximum atomic E-state index is 11.2. The molecule has 1 aromatic heterocycles. The highest BCUT2D eigenvalue weighted by molar-refractivity contribution is 7.88. The van der Waals surface area contributed by atoms with E-state index in [0.717, 1.165) is 22.0 Å². The summed E-state index contributed by atoms with van der Waals surface area (Å²) in [6, 6.07) is 12.0. The van der Waals surface area contributed by atoms with Crippen molar-refractivity contribution in [2.45, 2.75) is 0 Å². The van der Waals surface area contributed by atoms with E-state index in [9.17, 15) is 8.42 Å². The molecular weight excluding hydrogens is 318 g/mol. The van der Waals surface area contributed by atoms with Gasteiger partial charge in [0, 0.05) is 13.1 Å². The Morgan fingerprint density at radius 3 is 2.82 bits per heavy atom. The summed E-state index contributed by atoms with van der Waals surface area (Å²) < 4.78 is 25.0. The van der Waals surface area contributed by atoms with Gasteiger partial charge in [0.15, 0.2) is 0 Å². The molecule has 0 aliphatic carbocycles. The highest BCUT2D eigenvalue weighted by Gasteiger charge is 2.20. The van der Waals surface area contributed by atoms with E-state index in [1.165, 1.54) is 6.26 Å². The van der Waals surface area contributed by atoms with E-state index in [2.05, 4.69) is 15.7 Å². The van der Waals surface area contributed by atoms with Crippen LogP contribution in [0.3, 0.4) is 0 Å². The molecule has 0 radical (unpaired) electrons. The van der Waals surface area contributed by atoms with Gasteiger partial charge in [0.1, 0.15) is 0 Å². The van der Waals surface area contributed by atoms with Crippen LogP contribution in [0.1, 0.15) is 4.88 Å². The lowest BCUT2D eigenvalue weighted by molar-refractivity contribution is 0.587. The van der Waals surface area contributed by atoms with Crippen molar-refractivity contribution < 1.29 is 8.42 Å². The highest BCUT2D eigenvalue weighted by atomic mass is 32.2. The van der Waals surface area contributed by atoms with E-state index in [1.807, 2.05) is 35.7 Å².